The molecule has 1 saturated carbocycles. The van der Waals surface area contributed by atoms with Crippen LogP contribution in [0.5, 0.6) is 0 Å². The monoisotopic (exact) mass is 475 g/mol. The first-order chi connectivity index (χ1) is 14.4. The number of amides is 3. The van der Waals surface area contributed by atoms with Gasteiger partial charge in [0.05, 0.1) is 19.4 Å². The van der Waals surface area contributed by atoms with Crippen LogP contribution in [0.3, 0.4) is 0 Å². The molecule has 3 amide bonds. The fraction of sp³-hybridized carbons (Fsp3) is 0.409. The molecule has 0 spiro atoms. The second-order valence-electron chi connectivity index (χ2n) is 7.52. The predicted octanol–water partition coefficient (Wildman–Crippen LogP) is 3.85. The van der Waals surface area contributed by atoms with Gasteiger partial charge in [0.1, 0.15) is 11.3 Å². The van der Waals surface area contributed by atoms with Crippen LogP contribution in [0.25, 0.3) is 0 Å². The molecule has 1 aromatic heterocycles. The summed E-state index contributed by atoms with van der Waals surface area (Å²) in [5.41, 5.74) is -0.339. The molecule has 0 radical (unpaired) electrons. The van der Waals surface area contributed by atoms with Crippen molar-refractivity contribution in [1.82, 2.24) is 10.2 Å². The van der Waals surface area contributed by atoms with Gasteiger partial charge in [-0.1, -0.05) is 35.2 Å². The van der Waals surface area contributed by atoms with Gasteiger partial charge in [0.2, 0.25) is 17.7 Å². The molecule has 0 aliphatic heterocycles. The van der Waals surface area contributed by atoms with E-state index in [0.29, 0.717) is 24.3 Å². The van der Waals surface area contributed by atoms with Crippen LogP contribution in [-0.4, -0.2) is 34.7 Å². The molecule has 160 valence electrons. The van der Waals surface area contributed by atoms with E-state index in [1.165, 1.54) is 6.92 Å². The van der Waals surface area contributed by atoms with Gasteiger partial charge in [0.25, 0.3) is 0 Å². The van der Waals surface area contributed by atoms with Crippen LogP contribution in [0.15, 0.2) is 51.6 Å². The number of benzene rings is 1. The van der Waals surface area contributed by atoms with Crippen LogP contribution < -0.4 is 10.6 Å². The predicted molar refractivity (Wildman–Crippen MR) is 117 cm³/mol. The average Bonchev–Trinajstić information content (AvgIpc) is 3.25. The van der Waals surface area contributed by atoms with Gasteiger partial charge in [0, 0.05) is 17.1 Å². The summed E-state index contributed by atoms with van der Waals surface area (Å²) >= 11 is 3.39. The molecule has 0 atom stereocenters. The van der Waals surface area contributed by atoms with Gasteiger partial charge >= 0.3 is 0 Å². The van der Waals surface area contributed by atoms with Crippen molar-refractivity contribution in [3.63, 3.8) is 0 Å². The molecule has 0 saturated heterocycles. The van der Waals surface area contributed by atoms with Crippen molar-refractivity contribution in [2.75, 3.05) is 11.9 Å². The molecule has 8 heteroatoms. The number of halogens is 1. The van der Waals surface area contributed by atoms with Crippen molar-refractivity contribution in [2.45, 2.75) is 51.1 Å². The van der Waals surface area contributed by atoms with E-state index in [2.05, 4.69) is 26.6 Å². The zero-order valence-corrected chi connectivity index (χ0v) is 18.5. The Kier molecular flexibility index (Phi) is 7.31. The summed E-state index contributed by atoms with van der Waals surface area (Å²) in [5.74, 6) is -0.229. The van der Waals surface area contributed by atoms with Crippen LogP contribution in [-0.2, 0) is 20.9 Å². The maximum atomic E-state index is 13.6. The maximum absolute atomic E-state index is 13.6. The minimum Gasteiger partial charge on any atom is -0.467 e. The number of rotatable bonds is 7. The zero-order chi connectivity index (χ0) is 21.6. The fourth-order valence-corrected chi connectivity index (χ4v) is 4.13. The van der Waals surface area contributed by atoms with Gasteiger partial charge in [-0.25, -0.2) is 0 Å². The normalized spacial score (nSPS) is 15.3. The SMILES string of the molecule is CC(=O)NCC(=O)N(Cc1ccco1)C1(C(=O)Nc2ccc(Br)cc2)CCCCC1. The molecule has 0 unspecified atom stereocenters. The Morgan fingerprint density at radius 2 is 1.80 bits per heavy atom. The first-order valence-electron chi connectivity index (χ1n) is 10.0. The van der Waals surface area contributed by atoms with Crippen LogP contribution >= 0.6 is 15.9 Å². The molecule has 2 aromatic rings. The van der Waals surface area contributed by atoms with E-state index in [1.807, 2.05) is 24.3 Å². The van der Waals surface area contributed by atoms with Crippen LogP contribution in [0.2, 0.25) is 0 Å². The smallest absolute Gasteiger partial charge is 0.250 e. The Bertz CT molecular complexity index is 874. The van der Waals surface area contributed by atoms with E-state index in [1.54, 1.807) is 23.3 Å². The maximum Gasteiger partial charge on any atom is 0.250 e. The minimum atomic E-state index is -1.01. The molecule has 1 aliphatic carbocycles. The molecule has 0 bridgehead atoms. The lowest BCUT2D eigenvalue weighted by Crippen LogP contribution is -2.61. The Balaban J connectivity index is 1.91. The van der Waals surface area contributed by atoms with E-state index >= 15 is 0 Å². The summed E-state index contributed by atoms with van der Waals surface area (Å²) < 4.78 is 6.38. The number of carbonyl (C=O) groups is 3. The lowest BCUT2D eigenvalue weighted by atomic mass is 9.79. The Morgan fingerprint density at radius 1 is 1.10 bits per heavy atom. The van der Waals surface area contributed by atoms with Crippen molar-refractivity contribution in [3.8, 4) is 0 Å². The number of carbonyl (C=O) groups excluding carboxylic acids is 3. The number of hydrogen-bond donors (Lipinski definition) is 2. The Hall–Kier alpha value is -2.61. The number of nitrogens with zero attached hydrogens (tertiary/aromatic N) is 1. The molecule has 1 aliphatic rings. The number of furan rings is 1. The highest BCUT2D eigenvalue weighted by Crippen LogP contribution is 2.36. The molecule has 1 aromatic carbocycles. The summed E-state index contributed by atoms with van der Waals surface area (Å²) in [6, 6.07) is 10.9. The Morgan fingerprint density at radius 3 is 2.40 bits per heavy atom. The largest absolute Gasteiger partial charge is 0.467 e. The average molecular weight is 476 g/mol. The molecule has 7 nitrogen and oxygen atoms in total. The summed E-state index contributed by atoms with van der Waals surface area (Å²) in [7, 11) is 0. The summed E-state index contributed by atoms with van der Waals surface area (Å²) in [6.07, 6.45) is 5.36. The van der Waals surface area contributed by atoms with E-state index in [0.717, 1.165) is 23.7 Å². The summed E-state index contributed by atoms with van der Waals surface area (Å²) in [6.45, 7) is 1.36. The van der Waals surface area contributed by atoms with Gasteiger partial charge in [-0.2, -0.15) is 0 Å². The molecule has 3 rings (SSSR count). The first kappa shape index (κ1) is 22.1. The van der Waals surface area contributed by atoms with Gasteiger partial charge < -0.3 is 20.0 Å². The standard InChI is InChI=1S/C22H26BrN3O4/c1-16(27)24-14-20(28)26(15-19-6-5-13-30-19)22(11-3-2-4-12-22)21(29)25-18-9-7-17(23)8-10-18/h5-10,13H,2-4,11-12,14-15H2,1H3,(H,24,27)(H,25,29). The van der Waals surface area contributed by atoms with Gasteiger partial charge in [-0.3, -0.25) is 14.4 Å². The highest BCUT2D eigenvalue weighted by molar-refractivity contribution is 9.10. The second kappa shape index (κ2) is 9.93. The van der Waals surface area contributed by atoms with Crippen LogP contribution in [0.1, 0.15) is 44.8 Å². The van der Waals surface area contributed by atoms with Gasteiger partial charge in [-0.15, -0.1) is 0 Å². The Labute approximate surface area is 184 Å². The third-order valence-corrected chi connectivity index (χ3v) is 5.93. The van der Waals surface area contributed by atoms with Crippen molar-refractivity contribution in [3.05, 3.63) is 52.9 Å². The summed E-state index contributed by atoms with van der Waals surface area (Å²) in [4.78, 5) is 39.7. The van der Waals surface area contributed by atoms with Crippen molar-refractivity contribution in [1.29, 1.82) is 0 Å². The van der Waals surface area contributed by atoms with Crippen molar-refractivity contribution >= 4 is 39.3 Å². The van der Waals surface area contributed by atoms with Crippen molar-refractivity contribution in [2.24, 2.45) is 0 Å². The number of nitrogens with one attached hydrogen (secondary N) is 2. The third kappa shape index (κ3) is 5.30. The topological polar surface area (TPSA) is 91.7 Å². The van der Waals surface area contributed by atoms with E-state index in [-0.39, 0.29) is 30.8 Å². The first-order valence-corrected chi connectivity index (χ1v) is 10.8. The molecular weight excluding hydrogens is 450 g/mol. The summed E-state index contributed by atoms with van der Waals surface area (Å²) in [5, 5.41) is 5.55. The third-order valence-electron chi connectivity index (χ3n) is 5.41. The van der Waals surface area contributed by atoms with Gasteiger partial charge in [-0.05, 0) is 49.2 Å². The fourth-order valence-electron chi connectivity index (χ4n) is 3.87. The van der Waals surface area contributed by atoms with Crippen LogP contribution in [0, 0.1) is 0 Å². The quantitative estimate of drug-likeness (QED) is 0.635. The van der Waals surface area contributed by atoms with E-state index in [4.69, 9.17) is 4.42 Å². The zero-order valence-electron chi connectivity index (χ0n) is 16.9. The molecule has 1 fully saturated rings. The number of anilines is 1. The second-order valence-corrected chi connectivity index (χ2v) is 8.44. The lowest BCUT2D eigenvalue weighted by molar-refractivity contribution is -0.149. The molecule has 30 heavy (non-hydrogen) atoms. The lowest BCUT2D eigenvalue weighted by Gasteiger charge is -2.44. The number of hydrogen-bond acceptors (Lipinski definition) is 4. The highest BCUT2D eigenvalue weighted by Gasteiger charge is 2.47. The molecular formula is C22H26BrN3O4. The van der Waals surface area contributed by atoms with Gasteiger partial charge in [0.15, 0.2) is 0 Å². The minimum absolute atomic E-state index is 0.163. The molecule has 2 N–H and O–H groups in total. The van der Waals surface area contributed by atoms with E-state index < -0.39 is 5.54 Å². The van der Waals surface area contributed by atoms with Crippen molar-refractivity contribution < 1.29 is 18.8 Å². The van der Waals surface area contributed by atoms with Crippen LogP contribution in [0.4, 0.5) is 5.69 Å². The molecule has 1 heterocycles. The van der Waals surface area contributed by atoms with E-state index in [9.17, 15) is 14.4 Å². The highest BCUT2D eigenvalue weighted by atomic mass is 79.9.